The highest BCUT2D eigenvalue weighted by molar-refractivity contribution is 7.92. The molecule has 1 saturated heterocycles. The van der Waals surface area contributed by atoms with Crippen LogP contribution in [0.3, 0.4) is 0 Å². The number of benzene rings is 2. The number of anilines is 1. The Hall–Kier alpha value is -2.18. The van der Waals surface area contributed by atoms with Gasteiger partial charge in [-0.05, 0) is 55.6 Å². The number of aryl methyl sites for hydroxylation is 1. The molecular formula is C20H20ClN3O2S. The zero-order valence-corrected chi connectivity index (χ0v) is 16.5. The van der Waals surface area contributed by atoms with Crippen molar-refractivity contribution in [3.05, 3.63) is 59.4 Å². The van der Waals surface area contributed by atoms with Crippen LogP contribution in [0.25, 0.3) is 10.9 Å². The summed E-state index contributed by atoms with van der Waals surface area (Å²) in [7, 11) is -3.32. The number of nitrogens with zero attached hydrogens (tertiary/aromatic N) is 3. The lowest BCUT2D eigenvalue weighted by Crippen LogP contribution is -2.39. The second kappa shape index (κ2) is 7.09. The summed E-state index contributed by atoms with van der Waals surface area (Å²) >= 11 is 6.09. The molecule has 1 aromatic heterocycles. The van der Waals surface area contributed by atoms with Gasteiger partial charge in [-0.3, -0.25) is 0 Å². The first-order valence-corrected chi connectivity index (χ1v) is 10.9. The van der Waals surface area contributed by atoms with Crippen molar-refractivity contribution < 1.29 is 8.42 Å². The summed E-state index contributed by atoms with van der Waals surface area (Å²) in [5.74, 6) is 0.775. The largest absolute Gasteiger partial charge is 0.356 e. The number of fused-ring (bicyclic) bond motifs is 1. The van der Waals surface area contributed by atoms with E-state index in [2.05, 4.69) is 14.9 Å². The molecule has 0 radical (unpaired) electrons. The van der Waals surface area contributed by atoms with Gasteiger partial charge in [-0.15, -0.1) is 0 Å². The minimum Gasteiger partial charge on any atom is -0.356 e. The molecule has 0 bridgehead atoms. The Labute approximate surface area is 163 Å². The van der Waals surface area contributed by atoms with E-state index in [1.54, 1.807) is 12.1 Å². The smallest absolute Gasteiger partial charge is 0.224 e. The second-order valence-corrected chi connectivity index (χ2v) is 9.44. The van der Waals surface area contributed by atoms with Crippen molar-refractivity contribution >= 4 is 38.2 Å². The molecule has 7 heteroatoms. The summed E-state index contributed by atoms with van der Waals surface area (Å²) in [4.78, 5) is 11.2. The fraction of sp³-hybridized carbons (Fsp3) is 0.300. The number of para-hydroxylation sites is 1. The Kier molecular flexibility index (Phi) is 4.78. The molecule has 0 N–H and O–H groups in total. The number of piperidine rings is 1. The molecule has 0 aliphatic carbocycles. The van der Waals surface area contributed by atoms with Gasteiger partial charge in [0.25, 0.3) is 0 Å². The zero-order valence-electron chi connectivity index (χ0n) is 15.0. The highest BCUT2D eigenvalue weighted by Crippen LogP contribution is 2.30. The van der Waals surface area contributed by atoms with Crippen LogP contribution in [0.15, 0.2) is 53.4 Å². The Morgan fingerprint density at radius 2 is 1.67 bits per heavy atom. The molecule has 27 heavy (non-hydrogen) atoms. The molecule has 0 amide bonds. The summed E-state index contributed by atoms with van der Waals surface area (Å²) in [5.41, 5.74) is 1.85. The normalized spacial score (nSPS) is 16.0. The van der Waals surface area contributed by atoms with Gasteiger partial charge in [-0.1, -0.05) is 29.8 Å². The third-order valence-electron chi connectivity index (χ3n) is 5.09. The van der Waals surface area contributed by atoms with E-state index in [0.717, 1.165) is 22.3 Å². The highest BCUT2D eigenvalue weighted by atomic mass is 35.5. The lowest BCUT2D eigenvalue weighted by Gasteiger charge is -2.33. The Bertz CT molecular complexity index is 1080. The van der Waals surface area contributed by atoms with E-state index in [1.165, 1.54) is 0 Å². The van der Waals surface area contributed by atoms with Gasteiger partial charge in [-0.25, -0.2) is 13.4 Å². The first kappa shape index (κ1) is 18.2. The second-order valence-electron chi connectivity index (χ2n) is 6.88. The highest BCUT2D eigenvalue weighted by Gasteiger charge is 2.32. The van der Waals surface area contributed by atoms with Crippen LogP contribution in [0.5, 0.6) is 0 Å². The van der Waals surface area contributed by atoms with Crippen molar-refractivity contribution in [3.8, 4) is 0 Å². The summed E-state index contributed by atoms with van der Waals surface area (Å²) < 4.78 is 25.9. The van der Waals surface area contributed by atoms with Crippen molar-refractivity contribution in [2.45, 2.75) is 29.9 Å². The number of halogens is 1. The van der Waals surface area contributed by atoms with Crippen LogP contribution < -0.4 is 4.90 Å². The molecule has 140 valence electrons. The summed E-state index contributed by atoms with van der Waals surface area (Å²) in [6.45, 7) is 3.19. The van der Waals surface area contributed by atoms with E-state index < -0.39 is 9.84 Å². The van der Waals surface area contributed by atoms with Gasteiger partial charge < -0.3 is 4.90 Å². The van der Waals surface area contributed by atoms with Gasteiger partial charge in [0, 0.05) is 18.5 Å². The Balaban J connectivity index is 1.57. The number of rotatable bonds is 3. The van der Waals surface area contributed by atoms with E-state index in [1.807, 2.05) is 43.3 Å². The van der Waals surface area contributed by atoms with Gasteiger partial charge in [0.1, 0.15) is 5.82 Å². The topological polar surface area (TPSA) is 63.2 Å². The molecule has 2 heterocycles. The Morgan fingerprint density at radius 3 is 2.37 bits per heavy atom. The molecule has 4 rings (SSSR count). The lowest BCUT2D eigenvalue weighted by molar-refractivity contribution is 0.528. The number of sulfone groups is 1. The summed E-state index contributed by atoms with van der Waals surface area (Å²) in [6.07, 6.45) is 1.12. The van der Waals surface area contributed by atoms with Crippen molar-refractivity contribution in [2.75, 3.05) is 18.0 Å². The fourth-order valence-corrected chi connectivity index (χ4v) is 5.47. The molecule has 1 fully saturated rings. The summed E-state index contributed by atoms with van der Waals surface area (Å²) in [6, 6.07) is 14.8. The molecule has 0 unspecified atom stereocenters. The third-order valence-corrected chi connectivity index (χ3v) is 7.53. The van der Waals surface area contributed by atoms with E-state index in [4.69, 9.17) is 11.6 Å². The van der Waals surface area contributed by atoms with Crippen molar-refractivity contribution in [2.24, 2.45) is 0 Å². The molecular weight excluding hydrogens is 382 g/mol. The minimum atomic E-state index is -3.32. The van der Waals surface area contributed by atoms with Crippen LogP contribution >= 0.6 is 11.6 Å². The molecule has 2 aromatic carbocycles. The van der Waals surface area contributed by atoms with Crippen molar-refractivity contribution in [3.63, 3.8) is 0 Å². The Morgan fingerprint density at radius 1 is 1.00 bits per heavy atom. The van der Waals surface area contributed by atoms with E-state index in [9.17, 15) is 8.42 Å². The molecule has 0 spiro atoms. The van der Waals surface area contributed by atoms with E-state index >= 15 is 0 Å². The predicted octanol–water partition coefficient (Wildman–Crippen LogP) is 4.03. The van der Waals surface area contributed by atoms with Crippen LogP contribution in [0.1, 0.15) is 18.4 Å². The average Bonchev–Trinajstić information content (AvgIpc) is 2.68. The first-order valence-electron chi connectivity index (χ1n) is 8.93. The van der Waals surface area contributed by atoms with Crippen LogP contribution in [-0.2, 0) is 9.84 Å². The van der Waals surface area contributed by atoms with Crippen LogP contribution in [0.2, 0.25) is 5.28 Å². The minimum absolute atomic E-state index is 0.207. The van der Waals surface area contributed by atoms with Crippen molar-refractivity contribution in [1.29, 1.82) is 0 Å². The fourth-order valence-electron chi connectivity index (χ4n) is 3.57. The maximum Gasteiger partial charge on any atom is 0.224 e. The maximum absolute atomic E-state index is 12.9. The maximum atomic E-state index is 12.9. The van der Waals surface area contributed by atoms with E-state index in [-0.39, 0.29) is 10.5 Å². The summed E-state index contributed by atoms with van der Waals surface area (Å²) in [5, 5.41) is 0.764. The lowest BCUT2D eigenvalue weighted by atomic mass is 10.1. The molecule has 5 nitrogen and oxygen atoms in total. The number of hydrogen-bond acceptors (Lipinski definition) is 5. The van der Waals surface area contributed by atoms with Gasteiger partial charge in [-0.2, -0.15) is 4.98 Å². The molecule has 3 aromatic rings. The number of hydrogen-bond donors (Lipinski definition) is 0. The zero-order chi connectivity index (χ0) is 19.0. The standard InChI is InChI=1S/C20H20ClN3O2S/c1-14-6-8-15(9-7-14)27(25,26)16-10-12-24(13-11-16)19-17-4-2-3-5-18(17)22-20(21)23-19/h2-9,16H,10-13H2,1H3. The number of aromatic nitrogens is 2. The van der Waals surface area contributed by atoms with Gasteiger partial charge in [0.15, 0.2) is 9.84 Å². The van der Waals surface area contributed by atoms with Crippen LogP contribution in [-0.4, -0.2) is 36.7 Å². The van der Waals surface area contributed by atoms with E-state index in [0.29, 0.717) is 30.8 Å². The molecule has 0 saturated carbocycles. The molecule has 1 aliphatic heterocycles. The molecule has 1 aliphatic rings. The first-order chi connectivity index (χ1) is 12.9. The van der Waals surface area contributed by atoms with Crippen molar-refractivity contribution in [1.82, 2.24) is 9.97 Å². The predicted molar refractivity (Wildman–Crippen MR) is 108 cm³/mol. The molecule has 0 atom stereocenters. The van der Waals surface area contributed by atoms with Crippen LogP contribution in [0.4, 0.5) is 5.82 Å². The average molecular weight is 402 g/mol. The van der Waals surface area contributed by atoms with Crippen LogP contribution in [0, 0.1) is 6.92 Å². The monoisotopic (exact) mass is 401 g/mol. The quantitative estimate of drug-likeness (QED) is 0.620. The third kappa shape index (κ3) is 3.51. The van der Waals surface area contributed by atoms with Gasteiger partial charge in [0.05, 0.1) is 15.7 Å². The van der Waals surface area contributed by atoms with Gasteiger partial charge in [0.2, 0.25) is 5.28 Å². The van der Waals surface area contributed by atoms with Gasteiger partial charge >= 0.3 is 0 Å². The SMILES string of the molecule is Cc1ccc(S(=O)(=O)C2CCN(c3nc(Cl)nc4ccccc34)CC2)cc1.